The van der Waals surface area contributed by atoms with Crippen LogP contribution in [0.15, 0.2) is 65.6 Å². The van der Waals surface area contributed by atoms with Gasteiger partial charge in [0.1, 0.15) is 0 Å². The molecule has 22 heavy (non-hydrogen) atoms. The summed E-state index contributed by atoms with van der Waals surface area (Å²) >= 11 is 0. The minimum Gasteiger partial charge on any atom is -0.472 e. The summed E-state index contributed by atoms with van der Waals surface area (Å²) in [7, 11) is 0. The summed E-state index contributed by atoms with van der Waals surface area (Å²) in [5.74, 6) is 0. The Balaban J connectivity index is 1.93. The van der Waals surface area contributed by atoms with Gasteiger partial charge in [-0.3, -0.25) is 4.98 Å². The second kappa shape index (κ2) is 5.80. The molecule has 1 aromatic carbocycles. The summed E-state index contributed by atoms with van der Waals surface area (Å²) in [6.07, 6.45) is 3.70. The molecule has 0 unspecified atom stereocenters. The fourth-order valence-electron chi connectivity index (χ4n) is 2.36. The van der Waals surface area contributed by atoms with Crippen LogP contribution in [0.1, 0.15) is 29.1 Å². The van der Waals surface area contributed by atoms with Crippen molar-refractivity contribution < 1.29 is 7.16 Å². The molecule has 0 saturated heterocycles. The molecule has 0 N–H and O–H groups in total. The third-order valence-corrected chi connectivity index (χ3v) is 3.31. The molecule has 0 fully saturated rings. The minimum absolute atomic E-state index is 0.459. The Bertz CT molecular complexity index is 816. The van der Waals surface area contributed by atoms with Crippen molar-refractivity contribution in [3.05, 3.63) is 66.8 Å². The van der Waals surface area contributed by atoms with Gasteiger partial charge >= 0.3 is 0 Å². The maximum absolute atomic E-state index is 8.37. The summed E-state index contributed by atoms with van der Waals surface area (Å²) in [5.41, 5.74) is 4.12. The highest BCUT2D eigenvalue weighted by molar-refractivity contribution is 5.69. The van der Waals surface area contributed by atoms with Crippen LogP contribution in [-0.2, 0) is 6.37 Å². The van der Waals surface area contributed by atoms with Gasteiger partial charge in [-0.2, -0.15) is 0 Å². The standard InChI is InChI=1S/C20H21NO/c1-20(2,3)13-15-4-6-16(7-5-15)17-8-10-21-19(12-17)18-9-11-22-14-18/h4-12,14H,13H2,1-3H3/i13D2. The molecule has 2 heterocycles. The van der Waals surface area contributed by atoms with Gasteiger partial charge in [0.2, 0.25) is 0 Å². The summed E-state index contributed by atoms with van der Waals surface area (Å²) in [4.78, 5) is 4.38. The Morgan fingerprint density at radius 2 is 1.77 bits per heavy atom. The van der Waals surface area contributed by atoms with E-state index < -0.39 is 11.8 Å². The number of rotatable bonds is 3. The van der Waals surface area contributed by atoms with Crippen LogP contribution in [0.5, 0.6) is 0 Å². The minimum atomic E-state index is -1.38. The Morgan fingerprint density at radius 1 is 1.00 bits per heavy atom. The number of hydrogen-bond donors (Lipinski definition) is 0. The molecule has 0 saturated carbocycles. The van der Waals surface area contributed by atoms with Crippen LogP contribution in [0.25, 0.3) is 22.4 Å². The first-order valence-electron chi connectivity index (χ1n) is 8.38. The van der Waals surface area contributed by atoms with Crippen LogP contribution in [0.2, 0.25) is 0 Å². The van der Waals surface area contributed by atoms with Gasteiger partial charge in [-0.25, -0.2) is 0 Å². The zero-order valence-corrected chi connectivity index (χ0v) is 13.1. The fraction of sp³-hybridized carbons (Fsp3) is 0.250. The van der Waals surface area contributed by atoms with Gasteiger partial charge in [-0.05, 0) is 46.7 Å². The quantitative estimate of drug-likeness (QED) is 0.628. The number of nitrogens with zero attached hydrogens (tertiary/aromatic N) is 1. The van der Waals surface area contributed by atoms with E-state index in [4.69, 9.17) is 7.16 Å². The van der Waals surface area contributed by atoms with E-state index in [2.05, 4.69) is 4.98 Å². The van der Waals surface area contributed by atoms with Crippen molar-refractivity contribution in [1.29, 1.82) is 0 Å². The predicted octanol–water partition coefficient (Wildman–Crippen LogP) is 5.60. The molecule has 3 aromatic rings. The van der Waals surface area contributed by atoms with Crippen LogP contribution in [0, 0.1) is 5.41 Å². The zero-order valence-electron chi connectivity index (χ0n) is 15.1. The molecule has 0 radical (unpaired) electrons. The van der Waals surface area contributed by atoms with Gasteiger partial charge in [0.15, 0.2) is 0 Å². The molecule has 0 aliphatic heterocycles. The van der Waals surface area contributed by atoms with Gasteiger partial charge in [-0.15, -0.1) is 0 Å². The lowest BCUT2D eigenvalue weighted by Gasteiger charge is -2.18. The lowest BCUT2D eigenvalue weighted by molar-refractivity contribution is 0.411. The number of hydrogen-bond acceptors (Lipinski definition) is 2. The number of aromatic nitrogens is 1. The third kappa shape index (κ3) is 3.45. The molecule has 3 rings (SSSR count). The van der Waals surface area contributed by atoms with Crippen molar-refractivity contribution in [2.45, 2.75) is 27.1 Å². The number of furan rings is 1. The fourth-order valence-corrected chi connectivity index (χ4v) is 2.36. The summed E-state index contributed by atoms with van der Waals surface area (Å²) in [6, 6.07) is 13.5. The Hall–Kier alpha value is -2.35. The van der Waals surface area contributed by atoms with Crippen LogP contribution < -0.4 is 0 Å². The van der Waals surface area contributed by atoms with Gasteiger partial charge in [0, 0.05) is 14.5 Å². The molecule has 112 valence electrons. The van der Waals surface area contributed by atoms with Crippen LogP contribution >= 0.6 is 0 Å². The van der Waals surface area contributed by atoms with Gasteiger partial charge in [-0.1, -0.05) is 45.0 Å². The summed E-state index contributed by atoms with van der Waals surface area (Å²) in [5, 5.41) is 0. The number of benzene rings is 1. The van der Waals surface area contributed by atoms with Gasteiger partial charge in [0.25, 0.3) is 0 Å². The van der Waals surface area contributed by atoms with E-state index in [-0.39, 0.29) is 0 Å². The largest absolute Gasteiger partial charge is 0.472 e. The Kier molecular flexibility index (Phi) is 3.22. The molecule has 0 aliphatic rings. The first-order chi connectivity index (χ1) is 11.3. The van der Waals surface area contributed by atoms with Crippen molar-refractivity contribution in [3.8, 4) is 22.4 Å². The topological polar surface area (TPSA) is 26.0 Å². The normalized spacial score (nSPS) is 13.6. The van der Waals surface area contributed by atoms with Gasteiger partial charge in [0.05, 0.1) is 18.2 Å². The van der Waals surface area contributed by atoms with Crippen molar-refractivity contribution >= 4 is 0 Å². The van der Waals surface area contributed by atoms with Crippen LogP contribution in [0.4, 0.5) is 0 Å². The molecule has 0 spiro atoms. The third-order valence-electron chi connectivity index (χ3n) is 3.31. The SMILES string of the molecule is [2H]C([2H])(c1ccc(-c2ccnc(-c3ccoc3)c2)cc1)C(C)(C)C. The van der Waals surface area contributed by atoms with Crippen molar-refractivity contribution in [3.63, 3.8) is 0 Å². The van der Waals surface area contributed by atoms with Crippen molar-refractivity contribution in [1.82, 2.24) is 4.98 Å². The molecule has 0 aliphatic carbocycles. The second-order valence-corrected chi connectivity index (χ2v) is 6.39. The average Bonchev–Trinajstić information content (AvgIpc) is 3.08. The first kappa shape index (κ1) is 12.2. The summed E-state index contributed by atoms with van der Waals surface area (Å²) in [6.45, 7) is 5.75. The molecule has 2 nitrogen and oxygen atoms in total. The predicted molar refractivity (Wildman–Crippen MR) is 90.5 cm³/mol. The molecule has 2 heteroatoms. The van der Waals surface area contributed by atoms with E-state index in [0.717, 1.165) is 22.4 Å². The van der Waals surface area contributed by atoms with Gasteiger partial charge < -0.3 is 4.42 Å². The summed E-state index contributed by atoms with van der Waals surface area (Å²) < 4.78 is 21.9. The lowest BCUT2D eigenvalue weighted by Crippen LogP contribution is -2.08. The van der Waals surface area contributed by atoms with E-state index >= 15 is 0 Å². The Morgan fingerprint density at radius 3 is 2.41 bits per heavy atom. The van der Waals surface area contributed by atoms with Crippen LogP contribution in [-0.4, -0.2) is 4.98 Å². The highest BCUT2D eigenvalue weighted by atomic mass is 16.3. The zero-order chi connectivity index (χ0) is 17.4. The monoisotopic (exact) mass is 293 g/mol. The Labute approximate surface area is 134 Å². The molecular weight excluding hydrogens is 270 g/mol. The van der Waals surface area contributed by atoms with Crippen molar-refractivity contribution in [2.75, 3.05) is 0 Å². The van der Waals surface area contributed by atoms with E-state index in [1.165, 1.54) is 0 Å². The molecular formula is C20H21NO. The van der Waals surface area contributed by atoms with E-state index in [0.29, 0.717) is 5.56 Å². The smallest absolute Gasteiger partial charge is 0.0996 e. The molecule has 0 atom stereocenters. The first-order valence-corrected chi connectivity index (χ1v) is 7.38. The molecule has 0 amide bonds. The highest BCUT2D eigenvalue weighted by Gasteiger charge is 2.11. The molecule has 0 bridgehead atoms. The maximum atomic E-state index is 8.37. The number of pyridine rings is 1. The van der Waals surface area contributed by atoms with E-state index in [9.17, 15) is 0 Å². The highest BCUT2D eigenvalue weighted by Crippen LogP contribution is 2.26. The van der Waals surface area contributed by atoms with E-state index in [1.807, 2.05) is 63.2 Å². The molecule has 2 aromatic heterocycles. The van der Waals surface area contributed by atoms with Crippen molar-refractivity contribution in [2.24, 2.45) is 5.41 Å². The lowest BCUT2D eigenvalue weighted by atomic mass is 9.87. The maximum Gasteiger partial charge on any atom is 0.0996 e. The van der Waals surface area contributed by atoms with E-state index in [1.54, 1.807) is 18.7 Å². The van der Waals surface area contributed by atoms with Crippen LogP contribution in [0.3, 0.4) is 0 Å². The average molecular weight is 293 g/mol. The second-order valence-electron chi connectivity index (χ2n) is 6.39.